The molecule has 0 spiro atoms. The van der Waals surface area contributed by atoms with Crippen molar-refractivity contribution in [1.29, 1.82) is 0 Å². The Balaban J connectivity index is 1.40. The molecule has 0 aliphatic carbocycles. The van der Waals surface area contributed by atoms with E-state index in [2.05, 4.69) is 22.8 Å². The van der Waals surface area contributed by atoms with Gasteiger partial charge in [0.25, 0.3) is 0 Å². The van der Waals surface area contributed by atoms with E-state index in [9.17, 15) is 9.59 Å². The first kappa shape index (κ1) is 19.2. The van der Waals surface area contributed by atoms with Crippen LogP contribution >= 0.6 is 11.8 Å². The maximum absolute atomic E-state index is 12.6. The molecular weight excluding hydrogens is 350 g/mol. The number of amides is 2. The maximum Gasteiger partial charge on any atom is 0.227 e. The molecule has 2 fully saturated rings. The Morgan fingerprint density at radius 1 is 1.15 bits per heavy atom. The van der Waals surface area contributed by atoms with Crippen molar-refractivity contribution in [3.05, 3.63) is 30.3 Å². The number of carbonyl (C=O) groups is 2. The molecule has 0 radical (unpaired) electrons. The summed E-state index contributed by atoms with van der Waals surface area (Å²) >= 11 is 1.73. The summed E-state index contributed by atoms with van der Waals surface area (Å²) in [7, 11) is 0. The van der Waals surface area contributed by atoms with Crippen LogP contribution in [0.15, 0.2) is 35.2 Å². The zero-order valence-corrected chi connectivity index (χ0v) is 15.8. The highest BCUT2D eigenvalue weighted by Gasteiger charge is 2.33. The summed E-state index contributed by atoms with van der Waals surface area (Å²) in [5.74, 6) is 0.784. The van der Waals surface area contributed by atoms with E-state index in [4.69, 9.17) is 4.74 Å². The van der Waals surface area contributed by atoms with Crippen LogP contribution in [-0.2, 0) is 14.3 Å². The maximum atomic E-state index is 12.6. The Kier molecular flexibility index (Phi) is 7.34. The Hall–Kier alpha value is -1.57. The first-order valence-corrected chi connectivity index (χ1v) is 10.3. The molecule has 0 bridgehead atoms. The number of nitrogens with one attached hydrogen (secondary N) is 2. The number of piperidine rings is 1. The molecule has 1 aromatic carbocycles. The lowest BCUT2D eigenvalue weighted by atomic mass is 9.88. The third-order valence-electron chi connectivity index (χ3n) is 4.81. The second-order valence-corrected chi connectivity index (χ2v) is 7.85. The van der Waals surface area contributed by atoms with Crippen molar-refractivity contribution in [3.8, 4) is 0 Å². The molecule has 7 heteroatoms. The number of hydrogen-bond donors (Lipinski definition) is 2. The molecule has 2 aliphatic heterocycles. The van der Waals surface area contributed by atoms with Crippen molar-refractivity contribution >= 4 is 23.6 Å². The number of benzene rings is 1. The van der Waals surface area contributed by atoms with Gasteiger partial charge in [-0.3, -0.25) is 9.59 Å². The van der Waals surface area contributed by atoms with Crippen LogP contribution in [0, 0.1) is 11.8 Å². The van der Waals surface area contributed by atoms with Crippen LogP contribution in [0.3, 0.4) is 0 Å². The molecule has 2 N–H and O–H groups in total. The van der Waals surface area contributed by atoms with Crippen molar-refractivity contribution in [2.24, 2.45) is 11.8 Å². The van der Waals surface area contributed by atoms with E-state index in [1.54, 1.807) is 11.8 Å². The molecule has 3 rings (SSSR count). The number of ether oxygens (including phenoxy) is 1. The van der Waals surface area contributed by atoms with E-state index >= 15 is 0 Å². The molecule has 0 saturated carbocycles. The van der Waals surface area contributed by atoms with E-state index in [0.717, 1.165) is 5.75 Å². The summed E-state index contributed by atoms with van der Waals surface area (Å²) in [5.41, 5.74) is 0. The van der Waals surface area contributed by atoms with Gasteiger partial charge in [0, 0.05) is 43.4 Å². The van der Waals surface area contributed by atoms with Gasteiger partial charge in [0.05, 0.1) is 25.0 Å². The quantitative estimate of drug-likeness (QED) is 0.571. The van der Waals surface area contributed by atoms with Crippen LogP contribution in [0.5, 0.6) is 0 Å². The number of nitrogens with zero attached hydrogens (tertiary/aromatic N) is 1. The first-order valence-electron chi connectivity index (χ1n) is 9.27. The summed E-state index contributed by atoms with van der Waals surface area (Å²) in [5, 5.41) is 6.27. The van der Waals surface area contributed by atoms with E-state index in [-0.39, 0.29) is 23.7 Å². The Morgan fingerprint density at radius 3 is 2.65 bits per heavy atom. The summed E-state index contributed by atoms with van der Waals surface area (Å²) in [6, 6.07) is 10.2. The van der Waals surface area contributed by atoms with E-state index < -0.39 is 0 Å². The van der Waals surface area contributed by atoms with Crippen LogP contribution in [0.1, 0.15) is 6.42 Å². The fraction of sp³-hybridized carbons (Fsp3) is 0.579. The summed E-state index contributed by atoms with van der Waals surface area (Å²) in [6.07, 6.45) is 0.626. The smallest absolute Gasteiger partial charge is 0.227 e. The highest BCUT2D eigenvalue weighted by molar-refractivity contribution is 7.99. The molecule has 26 heavy (non-hydrogen) atoms. The molecule has 2 amide bonds. The molecular formula is C19H27N3O3S. The summed E-state index contributed by atoms with van der Waals surface area (Å²) in [4.78, 5) is 28.2. The van der Waals surface area contributed by atoms with Gasteiger partial charge in [-0.15, -0.1) is 11.8 Å². The van der Waals surface area contributed by atoms with Gasteiger partial charge in [0.15, 0.2) is 0 Å². The topological polar surface area (TPSA) is 70.7 Å². The molecule has 2 saturated heterocycles. The van der Waals surface area contributed by atoms with E-state index in [1.807, 2.05) is 23.1 Å². The average Bonchev–Trinajstić information content (AvgIpc) is 2.72. The van der Waals surface area contributed by atoms with Gasteiger partial charge in [-0.2, -0.15) is 0 Å². The number of thioether (sulfide) groups is 1. The lowest BCUT2D eigenvalue weighted by molar-refractivity contribution is -0.141. The van der Waals surface area contributed by atoms with Crippen molar-refractivity contribution in [3.63, 3.8) is 0 Å². The molecule has 0 aromatic heterocycles. The molecule has 2 aliphatic rings. The minimum atomic E-state index is -0.138. The minimum absolute atomic E-state index is 0.0469. The second kappa shape index (κ2) is 9.94. The number of morpholine rings is 1. The predicted octanol–water partition coefficient (Wildman–Crippen LogP) is 0.979. The monoisotopic (exact) mass is 377 g/mol. The van der Waals surface area contributed by atoms with Crippen molar-refractivity contribution in [1.82, 2.24) is 15.5 Å². The minimum Gasteiger partial charge on any atom is -0.378 e. The van der Waals surface area contributed by atoms with Crippen molar-refractivity contribution < 1.29 is 14.3 Å². The Labute approximate surface area is 159 Å². The Morgan fingerprint density at radius 2 is 1.88 bits per heavy atom. The van der Waals surface area contributed by atoms with Gasteiger partial charge in [0.2, 0.25) is 11.8 Å². The summed E-state index contributed by atoms with van der Waals surface area (Å²) in [6.45, 7) is 4.46. The van der Waals surface area contributed by atoms with Gasteiger partial charge >= 0.3 is 0 Å². The van der Waals surface area contributed by atoms with Gasteiger partial charge in [-0.05, 0) is 18.6 Å². The number of hydrogen-bond acceptors (Lipinski definition) is 5. The van der Waals surface area contributed by atoms with Gasteiger partial charge in [-0.1, -0.05) is 18.2 Å². The standard InChI is InChI=1S/C19H27N3O3S/c23-18(21-6-11-26-17-4-2-1-3-5-17)15-12-16(14-20-13-15)19(24)22-7-9-25-10-8-22/h1-5,15-16,20H,6-14H2,(H,21,23)/t15-,16+/m1/s1. The van der Waals surface area contributed by atoms with Gasteiger partial charge in [0.1, 0.15) is 0 Å². The van der Waals surface area contributed by atoms with Crippen LogP contribution in [0.2, 0.25) is 0 Å². The highest BCUT2D eigenvalue weighted by Crippen LogP contribution is 2.20. The molecule has 6 nitrogen and oxygen atoms in total. The second-order valence-electron chi connectivity index (χ2n) is 6.68. The van der Waals surface area contributed by atoms with Crippen LogP contribution in [-0.4, -0.2) is 68.4 Å². The molecule has 0 unspecified atom stereocenters. The molecule has 1 aromatic rings. The van der Waals surface area contributed by atoms with E-state index in [0.29, 0.717) is 52.4 Å². The fourth-order valence-electron chi connectivity index (χ4n) is 3.38. The number of rotatable bonds is 6. The highest BCUT2D eigenvalue weighted by atomic mass is 32.2. The molecule has 142 valence electrons. The zero-order valence-electron chi connectivity index (χ0n) is 15.0. The van der Waals surface area contributed by atoms with Crippen molar-refractivity contribution in [2.45, 2.75) is 11.3 Å². The van der Waals surface area contributed by atoms with Gasteiger partial charge in [-0.25, -0.2) is 0 Å². The third kappa shape index (κ3) is 5.46. The van der Waals surface area contributed by atoms with Crippen LogP contribution in [0.25, 0.3) is 0 Å². The first-order chi connectivity index (χ1) is 12.7. The normalized spacial score (nSPS) is 23.5. The van der Waals surface area contributed by atoms with Crippen molar-refractivity contribution in [2.75, 3.05) is 51.7 Å². The fourth-order valence-corrected chi connectivity index (χ4v) is 4.17. The molecule has 2 atom stereocenters. The molecule has 2 heterocycles. The lowest BCUT2D eigenvalue weighted by Gasteiger charge is -2.34. The summed E-state index contributed by atoms with van der Waals surface area (Å²) < 4.78 is 5.31. The lowest BCUT2D eigenvalue weighted by Crippen LogP contribution is -2.51. The Bertz CT molecular complexity index is 593. The SMILES string of the molecule is O=C(NCCSc1ccccc1)[C@H]1CNC[C@@H](C(=O)N2CCOCC2)C1. The van der Waals surface area contributed by atoms with E-state index in [1.165, 1.54) is 4.90 Å². The average molecular weight is 378 g/mol. The van der Waals surface area contributed by atoms with Crippen LogP contribution < -0.4 is 10.6 Å². The van der Waals surface area contributed by atoms with Crippen LogP contribution in [0.4, 0.5) is 0 Å². The van der Waals surface area contributed by atoms with Gasteiger partial charge < -0.3 is 20.3 Å². The number of carbonyl (C=O) groups excluding carboxylic acids is 2. The zero-order chi connectivity index (χ0) is 18.2. The third-order valence-corrected chi connectivity index (χ3v) is 5.82. The largest absolute Gasteiger partial charge is 0.378 e. The predicted molar refractivity (Wildman–Crippen MR) is 102 cm³/mol.